The maximum atomic E-state index is 14.0. The summed E-state index contributed by atoms with van der Waals surface area (Å²) < 4.78 is 54.6. The van der Waals surface area contributed by atoms with Crippen LogP contribution in [0, 0.1) is 24.4 Å². The van der Waals surface area contributed by atoms with Crippen LogP contribution in [0.5, 0.6) is 5.75 Å². The van der Waals surface area contributed by atoms with Crippen LogP contribution in [-0.2, 0) is 9.53 Å². The molecule has 8 nitrogen and oxygen atoms in total. The Balaban J connectivity index is 1.73. The quantitative estimate of drug-likeness (QED) is 0.392. The van der Waals surface area contributed by atoms with Gasteiger partial charge in [0.25, 0.3) is 5.91 Å². The summed E-state index contributed by atoms with van der Waals surface area (Å²) in [7, 11) is 1.50. The number of aliphatic hydroxyl groups excluding tert-OH is 1. The number of carbonyl (C=O) groups is 1. The van der Waals surface area contributed by atoms with Crippen LogP contribution in [0.3, 0.4) is 0 Å². The highest BCUT2D eigenvalue weighted by Crippen LogP contribution is 2.35. The molecule has 2 aromatic carbocycles. The summed E-state index contributed by atoms with van der Waals surface area (Å²) in [5.74, 6) is -4.04. The second-order valence-corrected chi connectivity index (χ2v) is 9.46. The molecular formula is C26H27F3N4O4. The molecule has 0 aliphatic carbocycles. The molecule has 37 heavy (non-hydrogen) atoms. The summed E-state index contributed by atoms with van der Waals surface area (Å²) >= 11 is 0. The van der Waals surface area contributed by atoms with E-state index in [2.05, 4.69) is 10.1 Å². The number of morpholine rings is 1. The van der Waals surface area contributed by atoms with Crippen LogP contribution in [0.1, 0.15) is 43.8 Å². The van der Waals surface area contributed by atoms with Gasteiger partial charge >= 0.3 is 0 Å². The molecule has 1 fully saturated rings. The highest BCUT2D eigenvalue weighted by Gasteiger charge is 2.42. The zero-order chi connectivity index (χ0) is 27.1. The first-order valence-corrected chi connectivity index (χ1v) is 11.5. The van der Waals surface area contributed by atoms with Crippen molar-refractivity contribution in [1.82, 2.24) is 19.7 Å². The van der Waals surface area contributed by atoms with E-state index in [4.69, 9.17) is 9.47 Å². The lowest BCUT2D eigenvalue weighted by molar-refractivity contribution is -0.153. The molecule has 1 aliphatic heterocycles. The first-order valence-electron chi connectivity index (χ1n) is 11.5. The predicted molar refractivity (Wildman–Crippen MR) is 128 cm³/mol. The number of ether oxygens (including phenoxy) is 2. The van der Waals surface area contributed by atoms with Crippen molar-refractivity contribution < 1.29 is 32.5 Å². The third-order valence-electron chi connectivity index (χ3n) is 5.90. The third-order valence-corrected chi connectivity index (χ3v) is 5.90. The molecule has 0 unspecified atom stereocenters. The normalized spacial score (nSPS) is 18.0. The number of aliphatic hydroxyl groups is 1. The average molecular weight is 517 g/mol. The Kier molecular flexibility index (Phi) is 7.00. The Labute approximate surface area is 211 Å². The Hall–Kier alpha value is -3.86. The van der Waals surface area contributed by atoms with Crippen LogP contribution in [0.4, 0.5) is 13.2 Å². The van der Waals surface area contributed by atoms with E-state index < -0.39 is 41.1 Å². The molecule has 1 aromatic heterocycles. The number of rotatable bonds is 6. The molecule has 2 atom stereocenters. The Morgan fingerprint density at radius 2 is 1.86 bits per heavy atom. The van der Waals surface area contributed by atoms with Crippen LogP contribution >= 0.6 is 0 Å². The summed E-state index contributed by atoms with van der Waals surface area (Å²) in [6, 6.07) is 5.59. The van der Waals surface area contributed by atoms with Crippen molar-refractivity contribution in [2.24, 2.45) is 0 Å². The number of aromatic nitrogens is 3. The Morgan fingerprint density at radius 3 is 2.43 bits per heavy atom. The third kappa shape index (κ3) is 5.31. The first kappa shape index (κ1) is 26.2. The molecule has 3 aromatic rings. The zero-order valence-corrected chi connectivity index (χ0v) is 21.0. The predicted octanol–water partition coefficient (Wildman–Crippen LogP) is 4.10. The van der Waals surface area contributed by atoms with Crippen LogP contribution in [0.15, 0.2) is 42.4 Å². The molecule has 2 heterocycles. The summed E-state index contributed by atoms with van der Waals surface area (Å²) in [5, 5.41) is 14.8. The highest BCUT2D eigenvalue weighted by molar-refractivity contribution is 5.97. The fourth-order valence-corrected chi connectivity index (χ4v) is 4.36. The van der Waals surface area contributed by atoms with E-state index in [0.29, 0.717) is 22.8 Å². The molecule has 1 N–H and O–H groups in total. The van der Waals surface area contributed by atoms with E-state index in [-0.39, 0.29) is 17.9 Å². The van der Waals surface area contributed by atoms with Crippen molar-refractivity contribution >= 4 is 12.0 Å². The number of methoxy groups -OCH3 is 1. The lowest BCUT2D eigenvalue weighted by Gasteiger charge is -2.44. The number of halogens is 3. The topological polar surface area (TPSA) is 89.7 Å². The van der Waals surface area contributed by atoms with Gasteiger partial charge in [-0.25, -0.2) is 22.8 Å². The number of hydrogen-bond acceptors (Lipinski definition) is 6. The van der Waals surface area contributed by atoms with E-state index in [9.17, 15) is 23.1 Å². The summed E-state index contributed by atoms with van der Waals surface area (Å²) in [6.07, 6.45) is 1.84. The van der Waals surface area contributed by atoms with Crippen molar-refractivity contribution in [2.75, 3.05) is 13.7 Å². The molecular weight excluding hydrogens is 489 g/mol. The number of aryl methyl sites for hydroxylation is 1. The molecule has 0 bridgehead atoms. The second-order valence-electron chi connectivity index (χ2n) is 9.46. The van der Waals surface area contributed by atoms with Crippen molar-refractivity contribution in [1.29, 1.82) is 0 Å². The lowest BCUT2D eigenvalue weighted by Crippen LogP contribution is -2.53. The van der Waals surface area contributed by atoms with Gasteiger partial charge in [0.15, 0.2) is 23.2 Å². The Morgan fingerprint density at radius 1 is 1.19 bits per heavy atom. The molecule has 1 saturated heterocycles. The molecule has 1 amide bonds. The molecule has 196 valence electrons. The lowest BCUT2D eigenvalue weighted by atomic mass is 9.96. The van der Waals surface area contributed by atoms with Gasteiger partial charge in [-0.2, -0.15) is 5.10 Å². The maximum absolute atomic E-state index is 14.0. The van der Waals surface area contributed by atoms with E-state index in [1.165, 1.54) is 25.0 Å². The number of amides is 1. The van der Waals surface area contributed by atoms with E-state index >= 15 is 0 Å². The van der Waals surface area contributed by atoms with Gasteiger partial charge in [0.2, 0.25) is 0 Å². The fourth-order valence-electron chi connectivity index (χ4n) is 4.36. The fraction of sp³-hybridized carbons (Fsp3) is 0.346. The van der Waals surface area contributed by atoms with E-state index in [0.717, 1.165) is 12.1 Å². The minimum absolute atomic E-state index is 0.00721. The van der Waals surface area contributed by atoms with Gasteiger partial charge < -0.3 is 19.5 Å². The number of carbonyl (C=O) groups excluding carboxylic acids is 1. The smallest absolute Gasteiger partial charge is 0.289 e. The monoisotopic (exact) mass is 516 g/mol. The minimum Gasteiger partial charge on any atom is -0.494 e. The molecule has 0 spiro atoms. The van der Waals surface area contributed by atoms with Gasteiger partial charge in [-0.3, -0.25) is 4.79 Å². The summed E-state index contributed by atoms with van der Waals surface area (Å²) in [4.78, 5) is 18.9. The number of nitrogens with zero attached hydrogens (tertiary/aromatic N) is 4. The largest absolute Gasteiger partial charge is 0.494 e. The highest BCUT2D eigenvalue weighted by atomic mass is 19.2. The molecule has 11 heteroatoms. The van der Waals surface area contributed by atoms with Crippen molar-refractivity contribution in [3.8, 4) is 11.4 Å². The first-order chi connectivity index (χ1) is 17.4. The van der Waals surface area contributed by atoms with Crippen molar-refractivity contribution in [2.45, 2.75) is 45.4 Å². The number of hydrogen-bond donors (Lipinski definition) is 1. The van der Waals surface area contributed by atoms with Crippen LogP contribution < -0.4 is 4.74 Å². The van der Waals surface area contributed by atoms with Crippen LogP contribution in [0.2, 0.25) is 0 Å². The minimum atomic E-state index is -1.62. The van der Waals surface area contributed by atoms with E-state index in [1.807, 2.05) is 0 Å². The zero-order valence-electron chi connectivity index (χ0n) is 21.0. The molecule has 1 aliphatic rings. The van der Waals surface area contributed by atoms with Gasteiger partial charge in [0.05, 0.1) is 25.8 Å². The van der Waals surface area contributed by atoms with Gasteiger partial charge in [-0.05, 0) is 69.2 Å². The van der Waals surface area contributed by atoms with Gasteiger partial charge in [0, 0.05) is 0 Å². The average Bonchev–Trinajstić information content (AvgIpc) is 3.25. The van der Waals surface area contributed by atoms with Gasteiger partial charge in [-0.1, -0.05) is 6.07 Å². The summed E-state index contributed by atoms with van der Waals surface area (Å²) in [5.41, 5.74) is 0.223. The number of benzene rings is 2. The van der Waals surface area contributed by atoms with E-state index in [1.54, 1.807) is 50.0 Å². The second kappa shape index (κ2) is 9.89. The summed E-state index contributed by atoms with van der Waals surface area (Å²) in [6.45, 7) is 6.63. The standard InChI is InChI=1S/C26H27F3N4O4/c1-14(34)24(17-10-18(27)23(29)19(28)11-17)32-12-26(3,4)37-22(25(32)35)9-16-6-7-20(21(8-16)36-5)33-13-30-15(2)31-33/h6-11,13-14,24,34H,12H2,1-5H3/b22-9-/t14-,24+/m1/s1. The SMILES string of the molecule is COc1cc(/C=C2\OC(C)(C)CN([C@H](c3cc(F)c(F)c(F)c3)[C@@H](C)O)C2=O)ccc1-n1cnc(C)n1. The van der Waals surface area contributed by atoms with Crippen molar-refractivity contribution in [3.05, 3.63) is 76.8 Å². The van der Waals surface area contributed by atoms with Crippen LogP contribution in [0.25, 0.3) is 11.8 Å². The Bertz CT molecular complexity index is 1350. The molecule has 0 saturated carbocycles. The van der Waals surface area contributed by atoms with Crippen LogP contribution in [-0.4, -0.2) is 56.0 Å². The molecule has 0 radical (unpaired) electrons. The molecule has 4 rings (SSSR count). The maximum Gasteiger partial charge on any atom is 0.289 e. The van der Waals surface area contributed by atoms with Gasteiger partial charge in [-0.15, -0.1) is 0 Å². The van der Waals surface area contributed by atoms with Gasteiger partial charge in [0.1, 0.15) is 29.2 Å². The van der Waals surface area contributed by atoms with Crippen molar-refractivity contribution in [3.63, 3.8) is 0 Å².